The van der Waals surface area contributed by atoms with Crippen LogP contribution in [0, 0.1) is 11.7 Å². The van der Waals surface area contributed by atoms with Gasteiger partial charge >= 0.3 is 0 Å². The second kappa shape index (κ2) is 7.10. The third-order valence-corrected chi connectivity index (χ3v) is 2.76. The highest BCUT2D eigenvalue weighted by Crippen LogP contribution is 2.27. The minimum Gasteiger partial charge on any atom is -0.324 e. The van der Waals surface area contributed by atoms with Crippen molar-refractivity contribution in [3.05, 3.63) is 34.6 Å². The van der Waals surface area contributed by atoms with Crippen molar-refractivity contribution in [2.45, 2.75) is 32.7 Å². The fourth-order valence-electron chi connectivity index (χ4n) is 1.52. The zero-order valence-electron chi connectivity index (χ0n) is 9.54. The van der Waals surface area contributed by atoms with Crippen LogP contribution in [0.1, 0.15) is 38.3 Å². The van der Waals surface area contributed by atoms with Crippen molar-refractivity contribution in [3.63, 3.8) is 0 Å². The first-order chi connectivity index (χ1) is 7.02. The molecule has 0 bridgehead atoms. The van der Waals surface area contributed by atoms with Crippen molar-refractivity contribution >= 4 is 24.0 Å². The van der Waals surface area contributed by atoms with Gasteiger partial charge < -0.3 is 5.73 Å². The van der Waals surface area contributed by atoms with Gasteiger partial charge in [0, 0.05) is 16.6 Å². The van der Waals surface area contributed by atoms with E-state index >= 15 is 0 Å². The number of hydrogen-bond acceptors (Lipinski definition) is 1. The maximum absolute atomic E-state index is 13.5. The van der Waals surface area contributed by atoms with Crippen LogP contribution < -0.4 is 5.73 Å². The van der Waals surface area contributed by atoms with Crippen LogP contribution in [0.25, 0.3) is 0 Å². The van der Waals surface area contributed by atoms with E-state index in [-0.39, 0.29) is 24.3 Å². The van der Waals surface area contributed by atoms with Gasteiger partial charge in [-0.25, -0.2) is 4.39 Å². The molecule has 16 heavy (non-hydrogen) atoms. The quantitative estimate of drug-likeness (QED) is 0.862. The first kappa shape index (κ1) is 15.7. The second-order valence-corrected chi connectivity index (χ2v) is 4.62. The summed E-state index contributed by atoms with van der Waals surface area (Å²) in [7, 11) is 0. The molecule has 0 fully saturated rings. The third-order valence-electron chi connectivity index (χ3n) is 2.43. The van der Waals surface area contributed by atoms with Crippen molar-refractivity contribution in [2.75, 3.05) is 0 Å². The topological polar surface area (TPSA) is 26.0 Å². The molecule has 0 heterocycles. The van der Waals surface area contributed by atoms with E-state index in [1.165, 1.54) is 6.07 Å². The summed E-state index contributed by atoms with van der Waals surface area (Å²) in [5, 5.41) is 0.422. The standard InChI is InChI=1S/C12H17ClFN.ClH/c1-8(2)6-7-11(15)12-9(13)4-3-5-10(12)14;/h3-5,8,11H,6-7,15H2,1-2H3;1H/t11-;/m0./s1. The van der Waals surface area contributed by atoms with Gasteiger partial charge in [0.15, 0.2) is 0 Å². The van der Waals surface area contributed by atoms with Gasteiger partial charge in [-0.15, -0.1) is 12.4 Å². The number of halogens is 3. The molecule has 2 N–H and O–H groups in total. The van der Waals surface area contributed by atoms with Crippen LogP contribution in [0.4, 0.5) is 4.39 Å². The molecule has 0 aliphatic carbocycles. The van der Waals surface area contributed by atoms with E-state index in [2.05, 4.69) is 13.8 Å². The van der Waals surface area contributed by atoms with Gasteiger partial charge in [-0.3, -0.25) is 0 Å². The summed E-state index contributed by atoms with van der Waals surface area (Å²) in [4.78, 5) is 0. The normalized spacial score (nSPS) is 12.4. The minimum atomic E-state index is -0.307. The van der Waals surface area contributed by atoms with E-state index in [1.807, 2.05) is 0 Å². The lowest BCUT2D eigenvalue weighted by molar-refractivity contribution is 0.491. The summed E-state index contributed by atoms with van der Waals surface area (Å²) in [6, 6.07) is 4.36. The van der Waals surface area contributed by atoms with Crippen molar-refractivity contribution in [3.8, 4) is 0 Å². The summed E-state index contributed by atoms with van der Waals surface area (Å²) in [5.74, 6) is 0.264. The third kappa shape index (κ3) is 4.28. The van der Waals surface area contributed by atoms with E-state index in [9.17, 15) is 4.39 Å². The second-order valence-electron chi connectivity index (χ2n) is 4.21. The molecule has 92 valence electrons. The molecule has 1 nitrogen and oxygen atoms in total. The largest absolute Gasteiger partial charge is 0.324 e. The van der Waals surface area contributed by atoms with Crippen LogP contribution >= 0.6 is 24.0 Å². The molecule has 1 aromatic carbocycles. The van der Waals surface area contributed by atoms with Gasteiger partial charge in [-0.1, -0.05) is 31.5 Å². The molecule has 0 radical (unpaired) electrons. The Labute approximate surface area is 108 Å². The zero-order valence-corrected chi connectivity index (χ0v) is 11.1. The predicted molar refractivity (Wildman–Crippen MR) is 69.7 cm³/mol. The number of benzene rings is 1. The van der Waals surface area contributed by atoms with Crippen LogP contribution in [0.2, 0.25) is 5.02 Å². The molecule has 1 aromatic rings. The molecule has 0 aromatic heterocycles. The fraction of sp³-hybridized carbons (Fsp3) is 0.500. The van der Waals surface area contributed by atoms with Crippen LogP contribution in [-0.4, -0.2) is 0 Å². The van der Waals surface area contributed by atoms with E-state index in [0.717, 1.165) is 12.8 Å². The van der Waals surface area contributed by atoms with Gasteiger partial charge in [0.05, 0.1) is 0 Å². The Hall–Kier alpha value is -0.310. The first-order valence-corrected chi connectivity index (χ1v) is 5.59. The number of nitrogens with two attached hydrogens (primary N) is 1. The Morgan fingerprint density at radius 2 is 1.94 bits per heavy atom. The molecule has 0 unspecified atom stereocenters. The lowest BCUT2D eigenvalue weighted by atomic mass is 9.98. The lowest BCUT2D eigenvalue weighted by Crippen LogP contribution is -2.13. The molecule has 1 atom stereocenters. The molecule has 0 aliphatic heterocycles. The Kier molecular flexibility index (Phi) is 6.96. The van der Waals surface area contributed by atoms with Crippen LogP contribution in [0.5, 0.6) is 0 Å². The molecule has 0 amide bonds. The SMILES string of the molecule is CC(C)CC[C@H](N)c1c(F)cccc1Cl.Cl. The van der Waals surface area contributed by atoms with Gasteiger partial charge in [-0.2, -0.15) is 0 Å². The molecule has 1 rings (SSSR count). The van der Waals surface area contributed by atoms with Crippen molar-refractivity contribution in [1.29, 1.82) is 0 Å². The Bertz CT molecular complexity index is 309. The summed E-state index contributed by atoms with van der Waals surface area (Å²) >= 11 is 5.92. The lowest BCUT2D eigenvalue weighted by Gasteiger charge is -2.15. The van der Waals surface area contributed by atoms with Crippen LogP contribution in [0.3, 0.4) is 0 Å². The molecule has 0 saturated carbocycles. The molecule has 0 aliphatic rings. The van der Waals surface area contributed by atoms with E-state index in [1.54, 1.807) is 12.1 Å². The summed E-state index contributed by atoms with van der Waals surface area (Å²) in [5.41, 5.74) is 6.36. The number of rotatable bonds is 4. The number of hydrogen-bond donors (Lipinski definition) is 1. The van der Waals surface area contributed by atoms with Crippen molar-refractivity contribution in [2.24, 2.45) is 11.7 Å². The Balaban J connectivity index is 0.00000225. The van der Waals surface area contributed by atoms with Gasteiger partial charge in [0.1, 0.15) is 5.82 Å². The van der Waals surface area contributed by atoms with Crippen molar-refractivity contribution < 1.29 is 4.39 Å². The van der Waals surface area contributed by atoms with Gasteiger partial charge in [-0.05, 0) is 30.9 Å². The monoisotopic (exact) mass is 265 g/mol. The molecule has 4 heteroatoms. The maximum Gasteiger partial charge on any atom is 0.129 e. The molecular weight excluding hydrogens is 248 g/mol. The summed E-state index contributed by atoms with van der Waals surface area (Å²) in [6.45, 7) is 4.24. The molecule has 0 spiro atoms. The summed E-state index contributed by atoms with van der Waals surface area (Å²) in [6.07, 6.45) is 1.74. The Morgan fingerprint density at radius 1 is 1.31 bits per heavy atom. The highest BCUT2D eigenvalue weighted by Gasteiger charge is 2.15. The average molecular weight is 266 g/mol. The Morgan fingerprint density at radius 3 is 2.44 bits per heavy atom. The smallest absolute Gasteiger partial charge is 0.129 e. The average Bonchev–Trinajstić information content (AvgIpc) is 2.14. The van der Waals surface area contributed by atoms with Crippen LogP contribution in [-0.2, 0) is 0 Å². The highest BCUT2D eigenvalue weighted by molar-refractivity contribution is 6.31. The first-order valence-electron chi connectivity index (χ1n) is 5.22. The highest BCUT2D eigenvalue weighted by atomic mass is 35.5. The molecule has 0 saturated heterocycles. The summed E-state index contributed by atoms with van der Waals surface area (Å²) < 4.78 is 13.5. The maximum atomic E-state index is 13.5. The fourth-order valence-corrected chi connectivity index (χ4v) is 1.83. The molecular formula is C12H18Cl2FN. The van der Waals surface area contributed by atoms with Gasteiger partial charge in [0.25, 0.3) is 0 Å². The van der Waals surface area contributed by atoms with E-state index in [0.29, 0.717) is 16.5 Å². The van der Waals surface area contributed by atoms with Crippen molar-refractivity contribution in [1.82, 2.24) is 0 Å². The predicted octanol–water partition coefficient (Wildman–Crippen LogP) is 4.34. The van der Waals surface area contributed by atoms with Crippen LogP contribution in [0.15, 0.2) is 18.2 Å². The minimum absolute atomic E-state index is 0. The van der Waals surface area contributed by atoms with E-state index < -0.39 is 0 Å². The van der Waals surface area contributed by atoms with Gasteiger partial charge in [0.2, 0.25) is 0 Å². The van der Waals surface area contributed by atoms with E-state index in [4.69, 9.17) is 17.3 Å². The zero-order chi connectivity index (χ0) is 11.4.